The van der Waals surface area contributed by atoms with Gasteiger partial charge in [-0.05, 0) is 67.6 Å². The number of furan rings is 1. The largest absolute Gasteiger partial charge is 0.478 e. The third-order valence-corrected chi connectivity index (χ3v) is 6.86. The molecule has 0 bridgehead atoms. The van der Waals surface area contributed by atoms with Crippen LogP contribution in [-0.2, 0) is 4.79 Å². The lowest BCUT2D eigenvalue weighted by Crippen LogP contribution is -2.23. The zero-order chi connectivity index (χ0) is 22.8. The summed E-state index contributed by atoms with van der Waals surface area (Å²) in [6, 6.07) is 16.8. The summed E-state index contributed by atoms with van der Waals surface area (Å²) in [4.78, 5) is 31.6. The van der Waals surface area contributed by atoms with E-state index >= 15 is 0 Å². The number of rotatable bonds is 5. The van der Waals surface area contributed by atoms with Crippen LogP contribution < -0.4 is 0 Å². The average molecular weight is 465 g/mol. The van der Waals surface area contributed by atoms with Crippen LogP contribution in [0.25, 0.3) is 6.08 Å². The lowest BCUT2D eigenvalue weighted by atomic mass is 10.1. The number of amides is 1. The van der Waals surface area contributed by atoms with Crippen molar-refractivity contribution >= 4 is 52.3 Å². The topological polar surface area (TPSA) is 83.1 Å². The lowest BCUT2D eigenvalue weighted by molar-refractivity contribution is -0.121. The highest BCUT2D eigenvalue weighted by molar-refractivity contribution is 8.18. The summed E-state index contributed by atoms with van der Waals surface area (Å²) in [5.41, 5.74) is 2.45. The molecule has 0 radical (unpaired) electrons. The van der Waals surface area contributed by atoms with Crippen LogP contribution >= 0.6 is 23.5 Å². The van der Waals surface area contributed by atoms with Crippen LogP contribution in [0.1, 0.15) is 27.2 Å². The second-order valence-corrected chi connectivity index (χ2v) is 9.28. The van der Waals surface area contributed by atoms with Gasteiger partial charge in [0.25, 0.3) is 5.91 Å². The van der Waals surface area contributed by atoms with Crippen molar-refractivity contribution in [3.63, 3.8) is 0 Å². The number of carbonyl (C=O) groups excluding carboxylic acids is 1. The average Bonchev–Trinajstić information content (AvgIpc) is 3.31. The highest BCUT2D eigenvalue weighted by Gasteiger charge is 2.31. The maximum Gasteiger partial charge on any atom is 0.336 e. The van der Waals surface area contributed by atoms with Gasteiger partial charge in [-0.2, -0.15) is 0 Å². The number of amidine groups is 1. The Balaban J connectivity index is 1.55. The molecular weight excluding hydrogens is 444 g/mol. The number of carboxylic acid groups (broad SMARTS) is 1. The van der Waals surface area contributed by atoms with Crippen molar-refractivity contribution in [3.05, 3.63) is 82.0 Å². The van der Waals surface area contributed by atoms with E-state index in [4.69, 9.17) is 4.42 Å². The molecule has 0 atom stereocenters. The van der Waals surface area contributed by atoms with Gasteiger partial charge in [0, 0.05) is 18.0 Å². The van der Waals surface area contributed by atoms with Crippen LogP contribution in [0.4, 0.5) is 5.69 Å². The molecule has 1 aliphatic rings. The van der Waals surface area contributed by atoms with Crippen molar-refractivity contribution < 1.29 is 19.1 Å². The van der Waals surface area contributed by atoms with Crippen molar-refractivity contribution in [2.45, 2.75) is 23.8 Å². The van der Waals surface area contributed by atoms with Gasteiger partial charge in [-0.1, -0.05) is 35.5 Å². The molecule has 8 heteroatoms. The van der Waals surface area contributed by atoms with Crippen molar-refractivity contribution in [2.24, 2.45) is 4.99 Å². The van der Waals surface area contributed by atoms with Crippen LogP contribution in [0.3, 0.4) is 0 Å². The fourth-order valence-electron chi connectivity index (χ4n) is 3.05. The first-order valence-corrected chi connectivity index (χ1v) is 11.4. The van der Waals surface area contributed by atoms with E-state index in [0.717, 1.165) is 9.99 Å². The monoisotopic (exact) mass is 464 g/mol. The molecule has 3 aromatic rings. The molecule has 0 unspecified atom stereocenters. The Hall–Kier alpha value is -3.23. The molecule has 1 saturated heterocycles. The van der Waals surface area contributed by atoms with Gasteiger partial charge >= 0.3 is 5.97 Å². The minimum atomic E-state index is -1.01. The summed E-state index contributed by atoms with van der Waals surface area (Å²) in [7, 11) is 1.65. The van der Waals surface area contributed by atoms with Crippen LogP contribution in [-0.4, -0.2) is 34.1 Å². The highest BCUT2D eigenvalue weighted by Crippen LogP contribution is 2.36. The Kier molecular flexibility index (Phi) is 6.25. The van der Waals surface area contributed by atoms with Gasteiger partial charge < -0.3 is 9.52 Å². The number of thioether (sulfide) groups is 1. The van der Waals surface area contributed by atoms with Crippen LogP contribution in [0, 0.1) is 13.8 Å². The SMILES string of the molecule is Cc1ccc(Sc2ccc(/C=C3\SC(=Nc4cccc(C(=O)O)c4C)N(C)C3=O)o2)cc1. The Morgan fingerprint density at radius 2 is 1.88 bits per heavy atom. The van der Waals surface area contributed by atoms with E-state index in [-0.39, 0.29) is 11.5 Å². The fraction of sp³-hybridized carbons (Fsp3) is 0.125. The van der Waals surface area contributed by atoms with Gasteiger partial charge in [-0.15, -0.1) is 0 Å². The molecule has 1 fully saturated rings. The molecule has 162 valence electrons. The highest BCUT2D eigenvalue weighted by atomic mass is 32.2. The molecule has 6 nitrogen and oxygen atoms in total. The first-order chi connectivity index (χ1) is 15.3. The summed E-state index contributed by atoms with van der Waals surface area (Å²) in [6.07, 6.45) is 1.70. The number of aliphatic imine (C=N–C) groups is 1. The lowest BCUT2D eigenvalue weighted by Gasteiger charge is -2.09. The van der Waals surface area contributed by atoms with Gasteiger partial charge in [0.05, 0.1) is 16.2 Å². The number of benzene rings is 2. The summed E-state index contributed by atoms with van der Waals surface area (Å²) < 4.78 is 5.88. The zero-order valence-corrected chi connectivity index (χ0v) is 19.3. The molecule has 2 heterocycles. The van der Waals surface area contributed by atoms with Gasteiger partial charge in [0.15, 0.2) is 10.3 Å². The summed E-state index contributed by atoms with van der Waals surface area (Å²) in [5.74, 6) is -0.620. The second-order valence-electron chi connectivity index (χ2n) is 7.20. The number of hydrogen-bond acceptors (Lipinski definition) is 6. The zero-order valence-electron chi connectivity index (χ0n) is 17.7. The molecule has 32 heavy (non-hydrogen) atoms. The van der Waals surface area contributed by atoms with Crippen LogP contribution in [0.2, 0.25) is 0 Å². The Morgan fingerprint density at radius 3 is 2.59 bits per heavy atom. The van der Waals surface area contributed by atoms with Crippen molar-refractivity contribution in [2.75, 3.05) is 7.05 Å². The number of likely N-dealkylation sites (N-methyl/N-ethyl adjacent to an activating group) is 1. The van der Waals surface area contributed by atoms with E-state index in [0.29, 0.717) is 27.1 Å². The van der Waals surface area contributed by atoms with E-state index in [1.54, 1.807) is 32.2 Å². The third kappa shape index (κ3) is 4.66. The van der Waals surface area contributed by atoms with Crippen molar-refractivity contribution in [3.8, 4) is 0 Å². The fourth-order valence-corrected chi connectivity index (χ4v) is 4.79. The van der Waals surface area contributed by atoms with Gasteiger partial charge in [-0.25, -0.2) is 9.79 Å². The molecule has 0 spiro atoms. The van der Waals surface area contributed by atoms with Crippen LogP contribution in [0.5, 0.6) is 0 Å². The number of carbonyl (C=O) groups is 2. The second kappa shape index (κ2) is 9.10. The van der Waals surface area contributed by atoms with Crippen LogP contribution in [0.15, 0.2) is 78.9 Å². The molecule has 1 aromatic heterocycles. The normalized spacial score (nSPS) is 16.3. The number of hydrogen-bond donors (Lipinski definition) is 1. The van der Waals surface area contributed by atoms with E-state index < -0.39 is 5.97 Å². The predicted molar refractivity (Wildman–Crippen MR) is 128 cm³/mol. The first-order valence-electron chi connectivity index (χ1n) is 9.75. The van der Waals surface area contributed by atoms with E-state index in [1.807, 2.05) is 43.3 Å². The number of aryl methyl sites for hydroxylation is 1. The molecule has 0 saturated carbocycles. The Morgan fingerprint density at radius 1 is 1.12 bits per heavy atom. The third-order valence-electron chi connectivity index (χ3n) is 4.87. The molecule has 2 aromatic carbocycles. The maximum absolute atomic E-state index is 12.7. The Bertz CT molecular complexity index is 1260. The molecule has 0 aliphatic carbocycles. The van der Waals surface area contributed by atoms with Gasteiger partial charge in [0.2, 0.25) is 0 Å². The van der Waals surface area contributed by atoms with Crippen molar-refractivity contribution in [1.82, 2.24) is 4.90 Å². The Labute approximate surface area is 194 Å². The maximum atomic E-state index is 12.7. The smallest absolute Gasteiger partial charge is 0.336 e. The molecule has 1 amide bonds. The van der Waals surface area contributed by atoms with E-state index in [1.165, 1.54) is 40.1 Å². The molecule has 4 rings (SSSR count). The summed E-state index contributed by atoms with van der Waals surface area (Å²) >= 11 is 2.74. The van der Waals surface area contributed by atoms with Gasteiger partial charge in [-0.3, -0.25) is 9.69 Å². The quantitative estimate of drug-likeness (QED) is 0.468. The predicted octanol–water partition coefficient (Wildman–Crippen LogP) is 5.98. The minimum Gasteiger partial charge on any atom is -0.478 e. The standard InChI is InChI=1S/C24H20N2O4S2/c1-14-7-10-17(11-8-14)31-21-12-9-16(30-21)13-20-22(27)26(3)24(32-20)25-19-6-4-5-18(15(19)2)23(28)29/h4-13H,1-3H3,(H,28,29)/b20-13-,25-24?. The van der Waals surface area contributed by atoms with Crippen molar-refractivity contribution in [1.29, 1.82) is 0 Å². The summed E-state index contributed by atoms with van der Waals surface area (Å²) in [5, 5.41) is 10.5. The van der Waals surface area contributed by atoms with E-state index in [9.17, 15) is 14.7 Å². The molecule has 1 N–H and O–H groups in total. The van der Waals surface area contributed by atoms with E-state index in [2.05, 4.69) is 4.99 Å². The minimum absolute atomic E-state index is 0.189. The number of nitrogens with zero attached hydrogens (tertiary/aromatic N) is 2. The number of aromatic carboxylic acids is 1. The number of carboxylic acids is 1. The summed E-state index contributed by atoms with van der Waals surface area (Å²) in [6.45, 7) is 3.75. The molecular formula is C24H20N2O4S2. The van der Waals surface area contributed by atoms with Gasteiger partial charge in [0.1, 0.15) is 5.76 Å². The first kappa shape index (κ1) is 22.0. The molecule has 1 aliphatic heterocycles.